The second kappa shape index (κ2) is 5.28. The quantitative estimate of drug-likeness (QED) is 0.901. The Labute approximate surface area is 117 Å². The summed E-state index contributed by atoms with van der Waals surface area (Å²) in [7, 11) is 0. The Balaban J connectivity index is 1.91. The van der Waals surface area contributed by atoms with E-state index in [9.17, 15) is 0 Å². The van der Waals surface area contributed by atoms with Gasteiger partial charge < -0.3 is 5.32 Å². The second-order valence-electron chi connectivity index (χ2n) is 7.91. The Morgan fingerprint density at radius 2 is 1.89 bits per heavy atom. The summed E-state index contributed by atoms with van der Waals surface area (Å²) < 4.78 is 2.01. The predicted octanol–water partition coefficient (Wildman–Crippen LogP) is 3.47. The summed E-state index contributed by atoms with van der Waals surface area (Å²) in [5, 5.41) is 8.09. The van der Waals surface area contributed by atoms with E-state index in [0.717, 1.165) is 6.54 Å². The van der Waals surface area contributed by atoms with Crippen LogP contribution in [-0.2, 0) is 6.54 Å². The summed E-state index contributed by atoms with van der Waals surface area (Å²) in [4.78, 5) is 0. The molecule has 1 aromatic rings. The van der Waals surface area contributed by atoms with Gasteiger partial charge in [-0.15, -0.1) is 0 Å². The lowest BCUT2D eigenvalue weighted by Gasteiger charge is -2.46. The smallest absolute Gasteiger partial charge is 0.0560 e. The first-order valence-corrected chi connectivity index (χ1v) is 7.49. The maximum Gasteiger partial charge on any atom is 0.0560 e. The van der Waals surface area contributed by atoms with Crippen molar-refractivity contribution < 1.29 is 0 Å². The molecule has 1 aliphatic carbocycles. The predicted molar refractivity (Wildman–Crippen MR) is 80.0 cm³/mol. The zero-order valence-corrected chi connectivity index (χ0v) is 13.1. The van der Waals surface area contributed by atoms with Crippen LogP contribution >= 0.6 is 0 Å². The molecule has 1 atom stereocenters. The zero-order valence-electron chi connectivity index (χ0n) is 13.1. The van der Waals surface area contributed by atoms with E-state index in [4.69, 9.17) is 0 Å². The molecule has 1 aliphatic rings. The summed E-state index contributed by atoms with van der Waals surface area (Å²) in [5.41, 5.74) is 0.898. The molecule has 1 unspecified atom stereocenters. The number of aromatic nitrogens is 2. The van der Waals surface area contributed by atoms with Crippen molar-refractivity contribution in [1.82, 2.24) is 15.1 Å². The highest BCUT2D eigenvalue weighted by atomic mass is 15.3. The number of rotatable bonds is 4. The van der Waals surface area contributed by atoms with Crippen LogP contribution in [0.2, 0.25) is 0 Å². The molecule has 0 amide bonds. The van der Waals surface area contributed by atoms with E-state index in [1.807, 2.05) is 23.1 Å². The van der Waals surface area contributed by atoms with Gasteiger partial charge in [-0.1, -0.05) is 27.7 Å². The van der Waals surface area contributed by atoms with Gasteiger partial charge >= 0.3 is 0 Å². The van der Waals surface area contributed by atoms with E-state index in [2.05, 4.69) is 45.0 Å². The normalized spacial score (nSPS) is 24.3. The lowest BCUT2D eigenvalue weighted by molar-refractivity contribution is 0.0800. The van der Waals surface area contributed by atoms with Crippen molar-refractivity contribution in [1.29, 1.82) is 0 Å². The number of hydrogen-bond acceptors (Lipinski definition) is 2. The molecule has 19 heavy (non-hydrogen) atoms. The third-order valence-electron chi connectivity index (χ3n) is 4.10. The molecule has 2 rings (SSSR count). The molecule has 3 nitrogen and oxygen atoms in total. The monoisotopic (exact) mass is 263 g/mol. The molecule has 3 heteroatoms. The third-order valence-corrected chi connectivity index (χ3v) is 4.10. The Bertz CT molecular complexity index is 376. The molecule has 0 spiro atoms. The van der Waals surface area contributed by atoms with Crippen LogP contribution in [0.15, 0.2) is 18.5 Å². The SMILES string of the molecule is CC(Cn1cccn1)NC1CC(C)(C)CC(C)(C)C1. The van der Waals surface area contributed by atoms with Crippen LogP contribution < -0.4 is 5.32 Å². The summed E-state index contributed by atoms with van der Waals surface area (Å²) in [5.74, 6) is 0. The van der Waals surface area contributed by atoms with Crippen molar-refractivity contribution in [3.63, 3.8) is 0 Å². The van der Waals surface area contributed by atoms with Crippen LogP contribution in [0.5, 0.6) is 0 Å². The molecule has 0 aliphatic heterocycles. The fourth-order valence-electron chi connectivity index (χ4n) is 4.11. The first-order valence-electron chi connectivity index (χ1n) is 7.49. The van der Waals surface area contributed by atoms with E-state index in [-0.39, 0.29) is 0 Å². The van der Waals surface area contributed by atoms with Crippen LogP contribution in [0, 0.1) is 10.8 Å². The highest BCUT2D eigenvalue weighted by Crippen LogP contribution is 2.45. The van der Waals surface area contributed by atoms with Crippen molar-refractivity contribution in [3.8, 4) is 0 Å². The fourth-order valence-corrected chi connectivity index (χ4v) is 4.11. The van der Waals surface area contributed by atoms with Gasteiger partial charge in [-0.2, -0.15) is 5.10 Å². The van der Waals surface area contributed by atoms with Crippen LogP contribution in [0.3, 0.4) is 0 Å². The van der Waals surface area contributed by atoms with Crippen molar-refractivity contribution in [2.75, 3.05) is 0 Å². The van der Waals surface area contributed by atoms with Gasteiger partial charge in [0.1, 0.15) is 0 Å². The van der Waals surface area contributed by atoms with E-state index in [1.165, 1.54) is 19.3 Å². The van der Waals surface area contributed by atoms with Gasteiger partial charge in [0.15, 0.2) is 0 Å². The molecule has 0 radical (unpaired) electrons. The van der Waals surface area contributed by atoms with Crippen molar-refractivity contribution >= 4 is 0 Å². The Hall–Kier alpha value is -0.830. The fraction of sp³-hybridized carbons (Fsp3) is 0.812. The van der Waals surface area contributed by atoms with Gasteiger partial charge in [-0.05, 0) is 43.1 Å². The van der Waals surface area contributed by atoms with Gasteiger partial charge in [0.2, 0.25) is 0 Å². The Morgan fingerprint density at radius 3 is 2.42 bits per heavy atom. The lowest BCUT2D eigenvalue weighted by atomic mass is 9.63. The number of nitrogens with one attached hydrogen (secondary N) is 1. The first kappa shape index (κ1) is 14.6. The molecule has 1 N–H and O–H groups in total. The molecule has 1 fully saturated rings. The average molecular weight is 263 g/mol. The minimum absolute atomic E-state index is 0.449. The van der Waals surface area contributed by atoms with Gasteiger partial charge in [-0.25, -0.2) is 0 Å². The molecule has 0 aromatic carbocycles. The molecular weight excluding hydrogens is 234 g/mol. The minimum atomic E-state index is 0.449. The topological polar surface area (TPSA) is 29.9 Å². The molecule has 1 saturated carbocycles. The summed E-state index contributed by atoms with van der Waals surface area (Å²) in [6.45, 7) is 12.8. The number of hydrogen-bond donors (Lipinski definition) is 1. The first-order chi connectivity index (χ1) is 8.76. The Morgan fingerprint density at radius 1 is 1.26 bits per heavy atom. The van der Waals surface area contributed by atoms with Crippen molar-refractivity contribution in [3.05, 3.63) is 18.5 Å². The zero-order chi connectivity index (χ0) is 14.1. The van der Waals surface area contributed by atoms with Crippen LogP contribution in [0.1, 0.15) is 53.9 Å². The van der Waals surface area contributed by atoms with Crippen molar-refractivity contribution in [2.24, 2.45) is 10.8 Å². The number of nitrogens with zero attached hydrogens (tertiary/aromatic N) is 2. The third kappa shape index (κ3) is 4.34. The highest BCUT2D eigenvalue weighted by molar-refractivity contribution is 4.93. The molecule has 108 valence electrons. The minimum Gasteiger partial charge on any atom is -0.310 e. The average Bonchev–Trinajstić information content (AvgIpc) is 2.63. The molecule has 1 heterocycles. The standard InChI is InChI=1S/C16H29N3/c1-13(11-19-8-6-7-17-19)18-14-9-15(2,3)12-16(4,5)10-14/h6-8,13-14,18H,9-12H2,1-5H3. The van der Waals surface area contributed by atoms with Crippen LogP contribution in [-0.4, -0.2) is 21.9 Å². The van der Waals surface area contributed by atoms with Gasteiger partial charge in [0.05, 0.1) is 6.54 Å². The van der Waals surface area contributed by atoms with E-state index in [0.29, 0.717) is 22.9 Å². The van der Waals surface area contributed by atoms with Gasteiger partial charge in [-0.3, -0.25) is 4.68 Å². The maximum atomic E-state index is 4.28. The summed E-state index contributed by atoms with van der Waals surface area (Å²) in [6, 6.07) is 3.08. The molecule has 1 aromatic heterocycles. The highest BCUT2D eigenvalue weighted by Gasteiger charge is 2.38. The van der Waals surface area contributed by atoms with E-state index in [1.54, 1.807) is 0 Å². The Kier molecular flexibility index (Phi) is 4.05. The summed E-state index contributed by atoms with van der Waals surface area (Å²) >= 11 is 0. The van der Waals surface area contributed by atoms with Gasteiger partial charge in [0, 0.05) is 24.5 Å². The van der Waals surface area contributed by atoms with Crippen LogP contribution in [0.25, 0.3) is 0 Å². The maximum absolute atomic E-state index is 4.28. The second-order valence-corrected chi connectivity index (χ2v) is 7.91. The molecule has 0 saturated heterocycles. The van der Waals surface area contributed by atoms with Crippen molar-refractivity contribution in [2.45, 2.75) is 72.5 Å². The molecule has 0 bridgehead atoms. The van der Waals surface area contributed by atoms with Crippen LogP contribution in [0.4, 0.5) is 0 Å². The van der Waals surface area contributed by atoms with E-state index >= 15 is 0 Å². The molecular formula is C16H29N3. The summed E-state index contributed by atoms with van der Waals surface area (Å²) in [6.07, 6.45) is 7.76. The van der Waals surface area contributed by atoms with E-state index < -0.39 is 0 Å². The lowest BCUT2D eigenvalue weighted by Crippen LogP contribution is -2.47. The largest absolute Gasteiger partial charge is 0.310 e. The van der Waals surface area contributed by atoms with Gasteiger partial charge in [0.25, 0.3) is 0 Å².